The number of hydrogen-bond donors (Lipinski definition) is 2. The molecule has 0 aromatic heterocycles. The average molecular weight is 308 g/mol. The Kier molecular flexibility index (Phi) is 4.67. The van der Waals surface area contributed by atoms with Crippen LogP contribution >= 0.6 is 23.5 Å². The van der Waals surface area contributed by atoms with Crippen molar-refractivity contribution in [2.45, 2.75) is 20.8 Å². The van der Waals surface area contributed by atoms with Crippen LogP contribution in [0.1, 0.15) is 0 Å². The first-order chi connectivity index (χ1) is 8.12. The van der Waals surface area contributed by atoms with Crippen molar-refractivity contribution in [2.75, 3.05) is 5.43 Å². The van der Waals surface area contributed by atoms with Crippen molar-refractivity contribution in [3.05, 3.63) is 18.2 Å². The summed E-state index contributed by atoms with van der Waals surface area (Å²) >= 11 is -1.26. The summed E-state index contributed by atoms with van der Waals surface area (Å²) < 4.78 is 73.5. The number of thioether (sulfide) groups is 2. The highest BCUT2D eigenvalue weighted by Gasteiger charge is 2.35. The molecule has 0 spiro atoms. The van der Waals surface area contributed by atoms with Gasteiger partial charge in [0, 0.05) is 4.90 Å². The lowest BCUT2D eigenvalue weighted by Crippen LogP contribution is -2.11. The predicted molar refractivity (Wildman–Crippen MR) is 58.1 cm³/mol. The maximum atomic E-state index is 12.3. The molecule has 0 heterocycles. The normalized spacial score (nSPS) is 12.6. The largest absolute Gasteiger partial charge is 0.446 e. The Morgan fingerprint density at radius 2 is 1.50 bits per heavy atom. The lowest BCUT2D eigenvalue weighted by molar-refractivity contribution is -0.0346. The number of nitrogens with one attached hydrogen (secondary N) is 1. The smallest absolute Gasteiger partial charge is 0.323 e. The molecule has 18 heavy (non-hydrogen) atoms. The Balaban J connectivity index is 3.16. The Hall–Kier alpha value is -0.740. The standard InChI is InChI=1S/C8H6F6N2S2/c9-7(10,11)17-5-3-1-2-4(16-15)6(5)18-8(12,13)14/h1-3,16H,15H2. The van der Waals surface area contributed by atoms with E-state index in [-0.39, 0.29) is 5.69 Å². The molecule has 1 rings (SSSR count). The van der Waals surface area contributed by atoms with E-state index in [1.54, 1.807) is 0 Å². The van der Waals surface area contributed by atoms with Gasteiger partial charge in [0.1, 0.15) is 0 Å². The molecule has 0 unspecified atom stereocenters. The first kappa shape index (κ1) is 15.3. The van der Waals surface area contributed by atoms with Gasteiger partial charge in [0.15, 0.2) is 0 Å². The van der Waals surface area contributed by atoms with Crippen LogP contribution in [0.3, 0.4) is 0 Å². The van der Waals surface area contributed by atoms with Gasteiger partial charge in [-0.3, -0.25) is 5.84 Å². The lowest BCUT2D eigenvalue weighted by Gasteiger charge is -2.15. The second kappa shape index (κ2) is 5.49. The van der Waals surface area contributed by atoms with Crippen molar-refractivity contribution < 1.29 is 26.3 Å². The first-order valence-corrected chi connectivity index (χ1v) is 5.87. The summed E-state index contributed by atoms with van der Waals surface area (Å²) in [5, 5.41) is 0. The van der Waals surface area contributed by atoms with Crippen molar-refractivity contribution in [2.24, 2.45) is 5.84 Å². The van der Waals surface area contributed by atoms with Crippen molar-refractivity contribution >= 4 is 29.2 Å². The number of halogens is 6. The number of alkyl halides is 6. The van der Waals surface area contributed by atoms with E-state index in [0.717, 1.165) is 12.1 Å². The molecule has 0 bridgehead atoms. The predicted octanol–water partition coefficient (Wildman–Crippen LogP) is 4.20. The summed E-state index contributed by atoms with van der Waals surface area (Å²) in [6.07, 6.45) is 0. The third-order valence-corrected chi connectivity index (χ3v) is 3.37. The fourth-order valence-corrected chi connectivity index (χ4v) is 2.54. The fourth-order valence-electron chi connectivity index (χ4n) is 1.06. The maximum absolute atomic E-state index is 12.3. The molecule has 2 nitrogen and oxygen atoms in total. The van der Waals surface area contributed by atoms with Gasteiger partial charge in [-0.25, -0.2) is 0 Å². The number of benzene rings is 1. The monoisotopic (exact) mass is 308 g/mol. The van der Waals surface area contributed by atoms with Gasteiger partial charge in [-0.2, -0.15) is 26.3 Å². The van der Waals surface area contributed by atoms with E-state index in [0.29, 0.717) is 0 Å². The highest BCUT2D eigenvalue weighted by molar-refractivity contribution is 8.03. The van der Waals surface area contributed by atoms with Gasteiger partial charge in [-0.05, 0) is 35.7 Å². The zero-order chi connectivity index (χ0) is 14.0. The molecule has 0 aliphatic heterocycles. The number of hydrazine groups is 1. The molecule has 0 amide bonds. The summed E-state index contributed by atoms with van der Waals surface area (Å²) in [6.45, 7) is 0. The molecule has 10 heteroatoms. The quantitative estimate of drug-likeness (QED) is 0.380. The van der Waals surface area contributed by atoms with Crippen LogP contribution in [0, 0.1) is 0 Å². The van der Waals surface area contributed by atoms with Gasteiger partial charge < -0.3 is 5.43 Å². The highest BCUT2D eigenvalue weighted by Crippen LogP contribution is 2.48. The number of rotatable bonds is 3. The Labute approximate surface area is 106 Å². The Morgan fingerprint density at radius 1 is 0.944 bits per heavy atom. The van der Waals surface area contributed by atoms with E-state index in [2.05, 4.69) is 0 Å². The molecule has 0 aliphatic rings. The van der Waals surface area contributed by atoms with E-state index in [1.165, 1.54) is 6.07 Å². The van der Waals surface area contributed by atoms with Crippen LogP contribution in [-0.4, -0.2) is 11.0 Å². The van der Waals surface area contributed by atoms with Crippen LogP contribution in [-0.2, 0) is 0 Å². The van der Waals surface area contributed by atoms with E-state index >= 15 is 0 Å². The summed E-state index contributed by atoms with van der Waals surface area (Å²) in [4.78, 5) is -1.16. The molecular weight excluding hydrogens is 302 g/mol. The second-order valence-corrected chi connectivity index (χ2v) is 5.05. The van der Waals surface area contributed by atoms with Crippen LogP contribution < -0.4 is 11.3 Å². The van der Waals surface area contributed by atoms with E-state index in [9.17, 15) is 26.3 Å². The average Bonchev–Trinajstić information content (AvgIpc) is 2.16. The molecule has 3 N–H and O–H groups in total. The summed E-state index contributed by atoms with van der Waals surface area (Å²) in [5.41, 5.74) is -7.65. The van der Waals surface area contributed by atoms with Gasteiger partial charge in [-0.1, -0.05) is 6.07 Å². The van der Waals surface area contributed by atoms with Gasteiger partial charge in [0.2, 0.25) is 0 Å². The minimum Gasteiger partial charge on any atom is -0.323 e. The van der Waals surface area contributed by atoms with Crippen LogP contribution in [0.4, 0.5) is 32.0 Å². The topological polar surface area (TPSA) is 38.0 Å². The maximum Gasteiger partial charge on any atom is 0.446 e. The molecule has 0 radical (unpaired) electrons. The summed E-state index contributed by atoms with van der Waals surface area (Å²) in [5.74, 6) is 4.98. The van der Waals surface area contributed by atoms with Gasteiger partial charge in [-0.15, -0.1) is 0 Å². The van der Waals surface area contributed by atoms with E-state index in [4.69, 9.17) is 5.84 Å². The molecule has 1 aromatic rings. The highest BCUT2D eigenvalue weighted by atomic mass is 32.2. The molecule has 0 saturated carbocycles. The SMILES string of the molecule is NNc1cccc(SC(F)(F)F)c1SC(F)(F)F. The number of nitrogen functional groups attached to an aromatic ring is 1. The molecule has 0 aliphatic carbocycles. The fraction of sp³-hybridized carbons (Fsp3) is 0.250. The van der Waals surface area contributed by atoms with Gasteiger partial charge in [0.25, 0.3) is 0 Å². The van der Waals surface area contributed by atoms with Crippen molar-refractivity contribution in [1.29, 1.82) is 0 Å². The van der Waals surface area contributed by atoms with Crippen LogP contribution in [0.2, 0.25) is 0 Å². The zero-order valence-corrected chi connectivity index (χ0v) is 10.0. The van der Waals surface area contributed by atoms with E-state index < -0.39 is 44.3 Å². The van der Waals surface area contributed by atoms with E-state index in [1.807, 2.05) is 5.43 Å². The molecule has 0 fully saturated rings. The molecule has 0 saturated heterocycles. The molecule has 0 atom stereocenters. The summed E-state index contributed by atoms with van der Waals surface area (Å²) in [7, 11) is 0. The summed E-state index contributed by atoms with van der Waals surface area (Å²) in [6, 6.07) is 3.30. The third kappa shape index (κ3) is 4.86. The van der Waals surface area contributed by atoms with Crippen molar-refractivity contribution in [1.82, 2.24) is 0 Å². The Bertz CT molecular complexity index is 417. The van der Waals surface area contributed by atoms with Crippen LogP contribution in [0.25, 0.3) is 0 Å². The minimum atomic E-state index is -4.70. The molecule has 1 aromatic carbocycles. The second-order valence-electron chi connectivity index (χ2n) is 2.87. The van der Waals surface area contributed by atoms with Gasteiger partial charge in [0.05, 0.1) is 10.6 Å². The Morgan fingerprint density at radius 3 is 1.94 bits per heavy atom. The molecular formula is C8H6F6N2S2. The van der Waals surface area contributed by atoms with Gasteiger partial charge >= 0.3 is 11.0 Å². The van der Waals surface area contributed by atoms with Crippen molar-refractivity contribution in [3.8, 4) is 0 Å². The lowest BCUT2D eigenvalue weighted by atomic mass is 10.3. The number of anilines is 1. The number of hydrogen-bond acceptors (Lipinski definition) is 4. The van der Waals surface area contributed by atoms with Crippen LogP contribution in [0.5, 0.6) is 0 Å². The molecule has 102 valence electrons. The van der Waals surface area contributed by atoms with Crippen molar-refractivity contribution in [3.63, 3.8) is 0 Å². The third-order valence-electron chi connectivity index (χ3n) is 1.58. The first-order valence-electron chi connectivity index (χ1n) is 4.23. The van der Waals surface area contributed by atoms with Crippen LogP contribution in [0.15, 0.2) is 28.0 Å². The minimum absolute atomic E-state index is 0.216. The zero-order valence-electron chi connectivity index (χ0n) is 8.39. The number of nitrogens with two attached hydrogens (primary N) is 1.